The first-order chi connectivity index (χ1) is 27.0. The lowest BCUT2D eigenvalue weighted by Crippen LogP contribution is -3.03. The number of anilines is 2. The second kappa shape index (κ2) is 13.9. The first kappa shape index (κ1) is 36.7. The number of nitriles is 1. The quantitative estimate of drug-likeness (QED) is 0.153. The van der Waals surface area contributed by atoms with Crippen LogP contribution < -0.4 is 25.3 Å². The summed E-state index contributed by atoms with van der Waals surface area (Å²) >= 11 is 7.86. The van der Waals surface area contributed by atoms with Crippen LogP contribution in [0.3, 0.4) is 0 Å². The van der Waals surface area contributed by atoms with E-state index in [0.29, 0.717) is 55.3 Å². The number of fused-ring (bicyclic) bond motifs is 3. The van der Waals surface area contributed by atoms with Crippen molar-refractivity contribution in [3.05, 3.63) is 64.7 Å². The number of hydrogen-bond acceptors (Lipinski definition) is 12. The molecule has 0 saturated carbocycles. The molecule has 9 rings (SSSR count). The van der Waals surface area contributed by atoms with Gasteiger partial charge in [0.1, 0.15) is 47.7 Å². The van der Waals surface area contributed by atoms with Crippen LogP contribution in [0.15, 0.2) is 42.5 Å². The Bertz CT molecular complexity index is 2440. The van der Waals surface area contributed by atoms with Gasteiger partial charge in [-0.2, -0.15) is 25.3 Å². The fraction of sp³-hybridized carbons (Fsp3) is 0.385. The third kappa shape index (κ3) is 5.87. The van der Waals surface area contributed by atoms with Crippen LogP contribution in [-0.4, -0.2) is 88.6 Å². The maximum atomic E-state index is 17.2. The van der Waals surface area contributed by atoms with Crippen molar-refractivity contribution < 1.29 is 38.3 Å². The molecule has 1 spiro atoms. The summed E-state index contributed by atoms with van der Waals surface area (Å²) in [5.41, 5.74) is 6.06. The Morgan fingerprint density at radius 3 is 2.54 bits per heavy atom. The Balaban J connectivity index is 1.08. The van der Waals surface area contributed by atoms with Crippen molar-refractivity contribution in [1.82, 2.24) is 19.8 Å². The molecule has 3 aromatic carbocycles. The van der Waals surface area contributed by atoms with Gasteiger partial charge in [-0.3, -0.25) is 4.90 Å². The van der Waals surface area contributed by atoms with Gasteiger partial charge in [-0.25, -0.2) is 13.6 Å². The lowest BCUT2D eigenvalue weighted by Gasteiger charge is -2.49. The average Bonchev–Trinajstić information content (AvgIpc) is 3.97. The van der Waals surface area contributed by atoms with E-state index in [1.807, 2.05) is 11.0 Å². The maximum Gasteiger partial charge on any atom is 0.415 e. The summed E-state index contributed by atoms with van der Waals surface area (Å²) in [6, 6.07) is 12.6. The molecule has 2 unspecified atom stereocenters. The second-order valence-corrected chi connectivity index (χ2v) is 16.4. The summed E-state index contributed by atoms with van der Waals surface area (Å²) in [6.45, 7) is 3.74. The Morgan fingerprint density at radius 1 is 1.09 bits per heavy atom. The summed E-state index contributed by atoms with van der Waals surface area (Å²) in [4.78, 5) is 34.1. The van der Waals surface area contributed by atoms with E-state index in [0.717, 1.165) is 56.5 Å². The number of quaternary nitrogens is 1. The summed E-state index contributed by atoms with van der Waals surface area (Å²) in [5.74, 6) is -0.623. The number of nitrogens with one attached hydrogen (secondary N) is 1. The Hall–Kier alpha value is -4.89. The van der Waals surface area contributed by atoms with Crippen LogP contribution in [0.5, 0.6) is 11.8 Å². The number of ether oxygens (including phenoxy) is 2. The van der Waals surface area contributed by atoms with E-state index in [4.69, 9.17) is 36.6 Å². The van der Waals surface area contributed by atoms with Gasteiger partial charge in [-0.05, 0) is 86.7 Å². The van der Waals surface area contributed by atoms with Gasteiger partial charge in [0, 0.05) is 48.1 Å². The molecular weight excluding hydrogens is 766 g/mol. The number of benzene rings is 3. The van der Waals surface area contributed by atoms with E-state index in [1.54, 1.807) is 35.2 Å². The van der Waals surface area contributed by atoms with Gasteiger partial charge < -0.3 is 25.0 Å². The minimum atomic E-state index is -0.769. The molecule has 290 valence electrons. The average molecular weight is 804 g/mol. The van der Waals surface area contributed by atoms with Crippen molar-refractivity contribution in [2.45, 2.75) is 49.6 Å². The number of nitrogens with zero attached hydrogens (tertiary/aromatic N) is 6. The molecule has 17 heteroatoms. The number of carbonyl (C=O) groups is 1. The van der Waals surface area contributed by atoms with Crippen LogP contribution in [0, 0.1) is 23.0 Å². The van der Waals surface area contributed by atoms with Gasteiger partial charge >= 0.3 is 12.1 Å². The van der Waals surface area contributed by atoms with E-state index in [-0.39, 0.29) is 59.1 Å². The number of thiophene rings is 1. The SMILES string of the molecule is CO[NH+](O)c1ccc(OC(=O)N2CCC23CCN(c2nc(OCC45CCCN4CCC5)nc4c(F)c(-c5ccc(F)c6sc(N)c(C#N)c56)c(Cl)cc24)C3)cc1. The highest BCUT2D eigenvalue weighted by molar-refractivity contribution is 7.23. The van der Waals surface area contributed by atoms with Crippen LogP contribution in [0.1, 0.15) is 44.1 Å². The van der Waals surface area contributed by atoms with E-state index < -0.39 is 23.3 Å². The number of hydrogen-bond donors (Lipinski definition) is 3. The topological polar surface area (TPSA) is 155 Å². The molecule has 4 aliphatic rings. The molecule has 56 heavy (non-hydrogen) atoms. The minimum Gasteiger partial charge on any atom is -0.461 e. The molecule has 4 aliphatic heterocycles. The van der Waals surface area contributed by atoms with Gasteiger partial charge in [-0.15, -0.1) is 11.3 Å². The van der Waals surface area contributed by atoms with Crippen LogP contribution >= 0.6 is 22.9 Å². The van der Waals surface area contributed by atoms with Crippen molar-refractivity contribution in [3.63, 3.8) is 0 Å². The highest BCUT2D eigenvalue weighted by atomic mass is 35.5. The molecule has 5 aromatic rings. The lowest BCUT2D eigenvalue weighted by atomic mass is 9.84. The van der Waals surface area contributed by atoms with Gasteiger partial charge in [0.05, 0.1) is 26.4 Å². The number of nitrogen functional groups attached to an aromatic ring is 1. The highest BCUT2D eigenvalue weighted by Gasteiger charge is 2.53. The zero-order valence-corrected chi connectivity index (χ0v) is 32.0. The molecular formula is C39H38ClF2N8O5S+. The number of likely N-dealkylation sites (tertiary alicyclic amines) is 1. The zero-order chi connectivity index (χ0) is 38.9. The normalized spacial score (nSPS) is 20.8. The number of halogens is 3. The van der Waals surface area contributed by atoms with Crippen molar-refractivity contribution >= 4 is 66.5 Å². The molecule has 0 aliphatic carbocycles. The molecule has 4 N–H and O–H groups in total. The van der Waals surface area contributed by atoms with Crippen LogP contribution in [-0.2, 0) is 4.84 Å². The Kier molecular flexibility index (Phi) is 9.14. The fourth-order valence-corrected chi connectivity index (χ4v) is 10.3. The van der Waals surface area contributed by atoms with Gasteiger partial charge in [-0.1, -0.05) is 17.7 Å². The van der Waals surface area contributed by atoms with Crippen molar-refractivity contribution in [1.29, 1.82) is 5.26 Å². The minimum absolute atomic E-state index is 0.0144. The van der Waals surface area contributed by atoms with Crippen LogP contribution in [0.25, 0.3) is 32.1 Å². The van der Waals surface area contributed by atoms with Crippen LogP contribution in [0.4, 0.5) is 30.1 Å². The third-order valence-corrected chi connectivity index (χ3v) is 13.4. The second-order valence-electron chi connectivity index (χ2n) is 14.9. The fourth-order valence-electron chi connectivity index (χ4n) is 9.11. The molecule has 4 fully saturated rings. The van der Waals surface area contributed by atoms with Gasteiger partial charge in [0.25, 0.3) is 0 Å². The predicted octanol–water partition coefficient (Wildman–Crippen LogP) is 6.22. The van der Waals surface area contributed by atoms with E-state index in [1.165, 1.54) is 19.2 Å². The third-order valence-electron chi connectivity index (χ3n) is 12.0. The number of aromatic nitrogens is 2. The lowest BCUT2D eigenvalue weighted by molar-refractivity contribution is -1.19. The molecule has 6 heterocycles. The molecule has 13 nitrogen and oxygen atoms in total. The molecule has 0 radical (unpaired) electrons. The molecule has 2 aromatic heterocycles. The van der Waals surface area contributed by atoms with Gasteiger partial charge in [0.2, 0.25) is 0 Å². The Morgan fingerprint density at radius 2 is 1.84 bits per heavy atom. The molecule has 2 atom stereocenters. The number of amides is 1. The van der Waals surface area contributed by atoms with Crippen molar-refractivity contribution in [2.75, 3.05) is 57.1 Å². The molecule has 4 saturated heterocycles. The summed E-state index contributed by atoms with van der Waals surface area (Å²) in [7, 11) is 1.36. The number of rotatable bonds is 8. The number of carbonyl (C=O) groups excluding carboxylic acids is 1. The highest BCUT2D eigenvalue weighted by Crippen LogP contribution is 2.48. The standard InChI is InChI=1S/C39H37ClF2N8O5S/c1-53-50(52)22-4-6-23(7-5-22)55-37(51)49-17-13-38(49)12-16-47(20-38)35-25-18-27(40)30(24-8-9-28(41)33-29(24)26(19-43)34(44)56-33)31(42)32(25)45-36(46-35)54-21-39-10-2-14-48(39)15-3-11-39/h4-9,18,52H,2-3,10-17,20-21,44H2,1H3/p+1. The first-order valence-corrected chi connectivity index (χ1v) is 19.7. The smallest absolute Gasteiger partial charge is 0.415 e. The van der Waals surface area contributed by atoms with Crippen LogP contribution in [0.2, 0.25) is 5.02 Å². The van der Waals surface area contributed by atoms with E-state index in [2.05, 4.69) is 9.88 Å². The first-order valence-electron chi connectivity index (χ1n) is 18.5. The number of nitrogens with two attached hydrogens (primary N) is 1. The summed E-state index contributed by atoms with van der Waals surface area (Å²) in [6.07, 6.45) is 4.96. The summed E-state index contributed by atoms with van der Waals surface area (Å²) < 4.78 is 44.5. The molecule has 0 bridgehead atoms. The molecule has 1 amide bonds. The van der Waals surface area contributed by atoms with E-state index in [9.17, 15) is 15.3 Å². The zero-order valence-electron chi connectivity index (χ0n) is 30.4. The van der Waals surface area contributed by atoms with Crippen molar-refractivity contribution in [3.8, 4) is 29.0 Å². The maximum absolute atomic E-state index is 17.2. The largest absolute Gasteiger partial charge is 0.461 e. The summed E-state index contributed by atoms with van der Waals surface area (Å²) in [5, 5.41) is 20.2. The predicted molar refractivity (Wildman–Crippen MR) is 205 cm³/mol. The Labute approximate surface area is 329 Å². The monoisotopic (exact) mass is 803 g/mol. The van der Waals surface area contributed by atoms with E-state index >= 15 is 8.78 Å². The van der Waals surface area contributed by atoms with Gasteiger partial charge in [0.15, 0.2) is 11.5 Å². The van der Waals surface area contributed by atoms with Crippen molar-refractivity contribution in [2.24, 2.45) is 0 Å².